The van der Waals surface area contributed by atoms with Gasteiger partial charge in [-0.05, 0) is 41.5 Å². The molecule has 0 radical (unpaired) electrons. The maximum atomic E-state index is 11.9. The van der Waals surface area contributed by atoms with Gasteiger partial charge in [0.2, 0.25) is 3.79 Å². The molecule has 2 aromatic carbocycles. The molecule has 0 fully saturated rings. The lowest BCUT2D eigenvalue weighted by molar-refractivity contribution is -0.144. The molecule has 0 bridgehead atoms. The Morgan fingerprint density at radius 2 is 1.73 bits per heavy atom. The molecule has 2 rings (SSSR count). The summed E-state index contributed by atoms with van der Waals surface area (Å²) in [5.41, 5.74) is -1.38. The van der Waals surface area contributed by atoms with Crippen molar-refractivity contribution in [3.8, 4) is 5.75 Å². The highest BCUT2D eigenvalue weighted by molar-refractivity contribution is 6.67. The van der Waals surface area contributed by atoms with Crippen LogP contribution in [0.5, 0.6) is 5.75 Å². The zero-order valence-corrected chi connectivity index (χ0v) is 16.2. The van der Waals surface area contributed by atoms with E-state index >= 15 is 0 Å². The summed E-state index contributed by atoms with van der Waals surface area (Å²) in [6, 6.07) is 10.4. The highest BCUT2D eigenvalue weighted by atomic mass is 35.6. The molecule has 0 saturated carbocycles. The number of benzene rings is 2. The third-order valence-corrected chi connectivity index (χ3v) is 4.10. The van der Waals surface area contributed by atoms with Gasteiger partial charge in [-0.2, -0.15) is 0 Å². The van der Waals surface area contributed by atoms with E-state index in [0.717, 1.165) is 10.8 Å². The molecule has 0 aromatic heterocycles. The molecule has 0 aliphatic heterocycles. The van der Waals surface area contributed by atoms with Crippen LogP contribution >= 0.6 is 34.8 Å². The minimum atomic E-state index is -1.79. The largest absolute Gasteiger partial charge is 0.497 e. The number of alkyl halides is 3. The van der Waals surface area contributed by atoms with Crippen LogP contribution in [0, 0.1) is 0 Å². The van der Waals surface area contributed by atoms with Crippen LogP contribution in [-0.2, 0) is 15.1 Å². The molecule has 2 aromatic rings. The normalized spacial score (nSPS) is 13.7. The zero-order valence-electron chi connectivity index (χ0n) is 13.9. The predicted molar refractivity (Wildman–Crippen MR) is 100 cm³/mol. The number of hydrogen-bond acceptors (Lipinski definition) is 4. The fourth-order valence-corrected chi connectivity index (χ4v) is 2.46. The quantitative estimate of drug-likeness (QED) is 0.707. The molecular formula is C17H16Cl3NO5. The van der Waals surface area contributed by atoms with Gasteiger partial charge in [-0.15, -0.1) is 0 Å². The number of methoxy groups -OCH3 is 1. The zero-order chi connectivity index (χ0) is 19.5. The van der Waals surface area contributed by atoms with Gasteiger partial charge >= 0.3 is 12.1 Å². The van der Waals surface area contributed by atoms with Gasteiger partial charge in [-0.1, -0.05) is 53.0 Å². The number of ether oxygens (including phenoxy) is 2. The van der Waals surface area contributed by atoms with E-state index < -0.39 is 28.0 Å². The number of amides is 1. The summed E-state index contributed by atoms with van der Waals surface area (Å²) in [6.45, 7) is 0.827. The second kappa shape index (κ2) is 7.78. The molecular weight excluding hydrogens is 405 g/mol. The van der Waals surface area contributed by atoms with Crippen LogP contribution in [-0.4, -0.2) is 34.7 Å². The van der Waals surface area contributed by atoms with Gasteiger partial charge in [0.15, 0.2) is 5.54 Å². The lowest BCUT2D eigenvalue weighted by Crippen LogP contribution is -2.50. The minimum Gasteiger partial charge on any atom is -0.497 e. The molecule has 0 saturated heterocycles. The average Bonchev–Trinajstić information content (AvgIpc) is 2.58. The summed E-state index contributed by atoms with van der Waals surface area (Å²) in [4.78, 5) is 23.8. The van der Waals surface area contributed by atoms with Crippen molar-refractivity contribution in [2.45, 2.75) is 16.3 Å². The Kier molecular flexibility index (Phi) is 6.11. The topological polar surface area (TPSA) is 84.9 Å². The molecule has 140 valence electrons. The second-order valence-electron chi connectivity index (χ2n) is 5.67. The number of carbonyl (C=O) groups excluding carboxylic acids is 1. The van der Waals surface area contributed by atoms with Crippen molar-refractivity contribution < 1.29 is 24.2 Å². The Morgan fingerprint density at radius 1 is 1.12 bits per heavy atom. The number of alkyl carbamates (subject to hydrolysis) is 1. The Bertz CT molecular complexity index is 837. The summed E-state index contributed by atoms with van der Waals surface area (Å²) in [7, 11) is 1.56. The number of fused-ring (bicyclic) bond motifs is 1. The van der Waals surface area contributed by atoms with E-state index in [1.807, 2.05) is 6.07 Å². The lowest BCUT2D eigenvalue weighted by atomic mass is 9.90. The van der Waals surface area contributed by atoms with E-state index in [0.29, 0.717) is 11.3 Å². The van der Waals surface area contributed by atoms with Crippen molar-refractivity contribution in [3.05, 3.63) is 42.0 Å². The van der Waals surface area contributed by atoms with Crippen LogP contribution in [0.1, 0.15) is 12.5 Å². The number of aliphatic carboxylic acids is 1. The van der Waals surface area contributed by atoms with Crippen molar-refractivity contribution in [2.24, 2.45) is 0 Å². The van der Waals surface area contributed by atoms with Crippen LogP contribution < -0.4 is 10.1 Å². The first-order valence-electron chi connectivity index (χ1n) is 7.38. The first-order chi connectivity index (χ1) is 12.0. The average molecular weight is 421 g/mol. The number of nitrogens with one attached hydrogen (secondary N) is 1. The van der Waals surface area contributed by atoms with Crippen LogP contribution in [0.25, 0.3) is 10.8 Å². The molecule has 1 atom stereocenters. The van der Waals surface area contributed by atoms with E-state index in [2.05, 4.69) is 5.32 Å². The first-order valence-corrected chi connectivity index (χ1v) is 8.52. The lowest BCUT2D eigenvalue weighted by Gasteiger charge is -2.27. The van der Waals surface area contributed by atoms with Crippen LogP contribution in [0.15, 0.2) is 36.4 Å². The van der Waals surface area contributed by atoms with Gasteiger partial charge < -0.3 is 19.9 Å². The maximum Gasteiger partial charge on any atom is 0.408 e. The van der Waals surface area contributed by atoms with Crippen molar-refractivity contribution in [3.63, 3.8) is 0 Å². The Labute approximate surface area is 164 Å². The van der Waals surface area contributed by atoms with E-state index in [1.54, 1.807) is 37.4 Å². The van der Waals surface area contributed by atoms with Gasteiger partial charge in [0.05, 0.1) is 7.11 Å². The molecule has 6 nitrogen and oxygen atoms in total. The number of carbonyl (C=O) groups is 2. The Morgan fingerprint density at radius 3 is 2.31 bits per heavy atom. The minimum absolute atomic E-state index is 0.355. The number of hydrogen-bond donors (Lipinski definition) is 2. The van der Waals surface area contributed by atoms with Crippen molar-refractivity contribution in [1.29, 1.82) is 0 Å². The van der Waals surface area contributed by atoms with E-state index in [4.69, 9.17) is 44.3 Å². The van der Waals surface area contributed by atoms with Gasteiger partial charge in [0.25, 0.3) is 0 Å². The van der Waals surface area contributed by atoms with E-state index in [-0.39, 0.29) is 0 Å². The van der Waals surface area contributed by atoms with Crippen molar-refractivity contribution in [1.82, 2.24) is 5.32 Å². The molecule has 2 N–H and O–H groups in total. The number of carboxylic acid groups (broad SMARTS) is 1. The Balaban J connectivity index is 2.31. The van der Waals surface area contributed by atoms with Gasteiger partial charge in [0, 0.05) is 0 Å². The predicted octanol–water partition coefficient (Wildman–Crippen LogP) is 4.24. The SMILES string of the molecule is COc1ccc2cc([C@@](C)(NC(=O)OCC(Cl)(Cl)Cl)C(=O)O)ccc2c1. The third kappa shape index (κ3) is 4.84. The summed E-state index contributed by atoms with van der Waals surface area (Å²) >= 11 is 16.6. The molecule has 0 heterocycles. The summed E-state index contributed by atoms with van der Waals surface area (Å²) in [5.74, 6) is -0.587. The smallest absolute Gasteiger partial charge is 0.408 e. The number of halogens is 3. The molecule has 26 heavy (non-hydrogen) atoms. The fourth-order valence-electron chi connectivity index (χ4n) is 2.30. The third-order valence-electron chi connectivity index (χ3n) is 3.77. The highest BCUT2D eigenvalue weighted by Gasteiger charge is 2.38. The van der Waals surface area contributed by atoms with Crippen molar-refractivity contribution >= 4 is 57.6 Å². The fraction of sp³-hybridized carbons (Fsp3) is 0.294. The number of rotatable bonds is 5. The van der Waals surface area contributed by atoms with E-state index in [1.165, 1.54) is 6.92 Å². The molecule has 9 heteroatoms. The Hall–Kier alpha value is -1.89. The van der Waals surface area contributed by atoms with Gasteiger partial charge in [-0.25, -0.2) is 9.59 Å². The highest BCUT2D eigenvalue weighted by Crippen LogP contribution is 2.29. The monoisotopic (exact) mass is 419 g/mol. The molecule has 0 aliphatic carbocycles. The van der Waals surface area contributed by atoms with Crippen LogP contribution in [0.3, 0.4) is 0 Å². The summed E-state index contributed by atoms with van der Waals surface area (Å²) in [5, 5.41) is 13.6. The summed E-state index contributed by atoms with van der Waals surface area (Å²) < 4.78 is 8.14. The van der Waals surface area contributed by atoms with Crippen LogP contribution in [0.4, 0.5) is 4.79 Å². The molecule has 1 amide bonds. The first kappa shape index (κ1) is 20.4. The number of carboxylic acids is 1. The van der Waals surface area contributed by atoms with Crippen molar-refractivity contribution in [2.75, 3.05) is 13.7 Å². The van der Waals surface area contributed by atoms with Crippen LogP contribution in [0.2, 0.25) is 0 Å². The standard InChI is InChI=1S/C17H16Cl3NO5/c1-16(14(22)23,21-15(24)26-9-17(18,19)20)12-5-3-11-8-13(25-2)6-4-10(11)7-12/h3-8H,9H2,1-2H3,(H,21,24)(H,22,23)/t16-/m1/s1. The van der Waals surface area contributed by atoms with Gasteiger partial charge in [-0.3, -0.25) is 0 Å². The summed E-state index contributed by atoms with van der Waals surface area (Å²) in [6.07, 6.45) is -1.02. The molecule has 0 spiro atoms. The molecule has 0 aliphatic rings. The van der Waals surface area contributed by atoms with E-state index in [9.17, 15) is 14.7 Å². The molecule has 0 unspecified atom stereocenters. The maximum absolute atomic E-state index is 11.9. The van der Waals surface area contributed by atoms with Gasteiger partial charge in [0.1, 0.15) is 12.4 Å². The second-order valence-corrected chi connectivity index (χ2v) is 8.19.